The number of aromatic nitrogens is 2. The van der Waals surface area contributed by atoms with Crippen molar-refractivity contribution in [1.82, 2.24) is 14.9 Å². The summed E-state index contributed by atoms with van der Waals surface area (Å²) in [5.41, 5.74) is -1.07. The number of hydrogen-bond acceptors (Lipinski definition) is 5. The lowest BCUT2D eigenvalue weighted by Gasteiger charge is -2.37. The molecule has 0 bridgehead atoms. The molecule has 1 atom stereocenters. The average molecular weight is 379 g/mol. The fourth-order valence-corrected chi connectivity index (χ4v) is 3.01. The summed E-state index contributed by atoms with van der Waals surface area (Å²) in [6, 6.07) is 6.17. The zero-order chi connectivity index (χ0) is 19.4. The van der Waals surface area contributed by atoms with Crippen molar-refractivity contribution in [3.63, 3.8) is 0 Å². The molecular weight excluding hydrogens is 359 g/mol. The van der Waals surface area contributed by atoms with Crippen molar-refractivity contribution in [2.45, 2.75) is 19.1 Å². The lowest BCUT2D eigenvalue weighted by molar-refractivity contribution is -0.137. The highest BCUT2D eigenvalue weighted by molar-refractivity contribution is 5.95. The topological polar surface area (TPSA) is 61.4 Å². The van der Waals surface area contributed by atoms with E-state index in [0.717, 1.165) is 6.07 Å². The van der Waals surface area contributed by atoms with Crippen LogP contribution in [-0.4, -0.2) is 53.0 Å². The molecule has 3 rings (SSSR count). The lowest BCUT2D eigenvalue weighted by Crippen LogP contribution is -2.53. The van der Waals surface area contributed by atoms with Crippen molar-refractivity contribution in [3.05, 3.63) is 48.3 Å². The molecule has 1 saturated heterocycles. The molecule has 1 aromatic carbocycles. The number of alkyl halides is 3. The molecule has 0 saturated carbocycles. The van der Waals surface area contributed by atoms with Gasteiger partial charge in [-0.1, -0.05) is 12.1 Å². The molecule has 1 N–H and O–H groups in total. The zero-order valence-electron chi connectivity index (χ0n) is 14.8. The van der Waals surface area contributed by atoms with Crippen LogP contribution >= 0.6 is 0 Å². The molecule has 9 heteroatoms. The Morgan fingerprint density at radius 1 is 1.07 bits per heavy atom. The van der Waals surface area contributed by atoms with E-state index in [0.29, 0.717) is 32.1 Å². The molecule has 2 aromatic rings. The fourth-order valence-electron chi connectivity index (χ4n) is 3.01. The fraction of sp³-hybridized carbons (Fsp3) is 0.389. The second kappa shape index (κ2) is 7.91. The molecule has 1 aliphatic heterocycles. The number of amides is 1. The maximum Gasteiger partial charge on any atom is 0.418 e. The van der Waals surface area contributed by atoms with Crippen molar-refractivity contribution in [3.8, 4) is 0 Å². The molecule has 0 unspecified atom stereocenters. The summed E-state index contributed by atoms with van der Waals surface area (Å²) in [6.45, 7) is 4.16. The second-order valence-electron chi connectivity index (χ2n) is 6.28. The molecule has 1 aromatic heterocycles. The van der Waals surface area contributed by atoms with Crippen LogP contribution in [0.3, 0.4) is 0 Å². The van der Waals surface area contributed by atoms with E-state index < -0.39 is 23.7 Å². The van der Waals surface area contributed by atoms with Crippen LogP contribution < -0.4 is 10.2 Å². The molecule has 1 amide bonds. The third kappa shape index (κ3) is 4.54. The number of rotatable bonds is 4. The number of hydrogen-bond donors (Lipinski definition) is 1. The summed E-state index contributed by atoms with van der Waals surface area (Å²) in [7, 11) is 0. The smallest absolute Gasteiger partial charge is 0.338 e. The molecule has 6 nitrogen and oxygen atoms in total. The maximum absolute atomic E-state index is 13.1. The van der Waals surface area contributed by atoms with Crippen molar-refractivity contribution < 1.29 is 18.0 Å². The van der Waals surface area contributed by atoms with Gasteiger partial charge in [-0.3, -0.25) is 9.69 Å². The van der Waals surface area contributed by atoms with Gasteiger partial charge in [0.15, 0.2) is 0 Å². The Bertz CT molecular complexity index is 776. The number of para-hydroxylation sites is 1. The number of anilines is 2. The number of nitrogens with zero attached hydrogens (tertiary/aromatic N) is 4. The highest BCUT2D eigenvalue weighted by Gasteiger charge is 2.34. The summed E-state index contributed by atoms with van der Waals surface area (Å²) < 4.78 is 39.2. The van der Waals surface area contributed by atoms with E-state index in [9.17, 15) is 18.0 Å². The van der Waals surface area contributed by atoms with Crippen LogP contribution in [0, 0.1) is 0 Å². The molecule has 2 heterocycles. The lowest BCUT2D eigenvalue weighted by atomic mass is 10.1. The highest BCUT2D eigenvalue weighted by atomic mass is 19.4. The third-order valence-corrected chi connectivity index (χ3v) is 4.57. The van der Waals surface area contributed by atoms with Crippen molar-refractivity contribution in [2.75, 3.05) is 36.4 Å². The maximum atomic E-state index is 13.1. The van der Waals surface area contributed by atoms with Crippen LogP contribution in [-0.2, 0) is 11.0 Å². The van der Waals surface area contributed by atoms with Gasteiger partial charge in [0.2, 0.25) is 11.9 Å². The highest BCUT2D eigenvalue weighted by Crippen LogP contribution is 2.34. The van der Waals surface area contributed by atoms with Gasteiger partial charge in [0, 0.05) is 38.6 Å². The van der Waals surface area contributed by atoms with Crippen LogP contribution in [0.1, 0.15) is 12.5 Å². The number of piperazine rings is 1. The SMILES string of the molecule is C[C@H](C(=O)Nc1ccccc1C(F)(F)F)N1CCN(c2ncccn2)CC1. The predicted molar refractivity (Wildman–Crippen MR) is 95.4 cm³/mol. The number of halogens is 3. The van der Waals surface area contributed by atoms with Crippen molar-refractivity contribution in [1.29, 1.82) is 0 Å². The normalized spacial score (nSPS) is 16.8. The minimum Gasteiger partial charge on any atom is -0.338 e. The van der Waals surface area contributed by atoms with Gasteiger partial charge in [-0.15, -0.1) is 0 Å². The number of benzene rings is 1. The van der Waals surface area contributed by atoms with E-state index in [1.165, 1.54) is 18.2 Å². The molecule has 27 heavy (non-hydrogen) atoms. The van der Waals surface area contributed by atoms with Crippen LogP contribution in [0.25, 0.3) is 0 Å². The second-order valence-corrected chi connectivity index (χ2v) is 6.28. The van der Waals surface area contributed by atoms with E-state index in [4.69, 9.17) is 0 Å². The number of nitrogens with one attached hydrogen (secondary N) is 1. The van der Waals surface area contributed by atoms with E-state index in [2.05, 4.69) is 15.3 Å². The molecular formula is C18H20F3N5O. The number of carbonyl (C=O) groups excluding carboxylic acids is 1. The molecule has 0 radical (unpaired) electrons. The van der Waals surface area contributed by atoms with Gasteiger partial charge in [-0.2, -0.15) is 13.2 Å². The molecule has 1 fully saturated rings. The van der Waals surface area contributed by atoms with Crippen LogP contribution in [0.2, 0.25) is 0 Å². The first kappa shape index (κ1) is 19.1. The average Bonchev–Trinajstić information content (AvgIpc) is 2.68. The van der Waals surface area contributed by atoms with Gasteiger partial charge < -0.3 is 10.2 Å². The first-order valence-corrected chi connectivity index (χ1v) is 8.59. The van der Waals surface area contributed by atoms with Gasteiger partial charge in [-0.25, -0.2) is 9.97 Å². The largest absolute Gasteiger partial charge is 0.418 e. The Hall–Kier alpha value is -2.68. The Kier molecular flexibility index (Phi) is 5.59. The van der Waals surface area contributed by atoms with Crippen molar-refractivity contribution in [2.24, 2.45) is 0 Å². The Morgan fingerprint density at radius 2 is 1.70 bits per heavy atom. The Labute approximate surface area is 155 Å². The van der Waals surface area contributed by atoms with Gasteiger partial charge in [0.1, 0.15) is 0 Å². The van der Waals surface area contributed by atoms with Gasteiger partial charge in [0.25, 0.3) is 0 Å². The summed E-state index contributed by atoms with van der Waals surface area (Å²) >= 11 is 0. The summed E-state index contributed by atoms with van der Waals surface area (Å²) in [4.78, 5) is 24.8. The molecule has 0 aliphatic carbocycles. The van der Waals surface area contributed by atoms with Gasteiger partial charge in [0.05, 0.1) is 17.3 Å². The first-order chi connectivity index (χ1) is 12.9. The van der Waals surface area contributed by atoms with Gasteiger partial charge in [-0.05, 0) is 25.1 Å². The zero-order valence-corrected chi connectivity index (χ0v) is 14.8. The monoisotopic (exact) mass is 379 g/mol. The Morgan fingerprint density at radius 3 is 2.33 bits per heavy atom. The predicted octanol–water partition coefficient (Wildman–Crippen LogP) is 2.64. The standard InChI is InChI=1S/C18H20F3N5O/c1-13(16(27)24-15-6-3-2-5-14(15)18(19,20)21)25-9-11-26(12-10-25)17-22-7-4-8-23-17/h2-8,13H,9-12H2,1H3,(H,24,27)/t13-/m1/s1. The van der Waals surface area contributed by atoms with E-state index in [1.54, 1.807) is 25.4 Å². The summed E-state index contributed by atoms with van der Waals surface area (Å²) in [6.07, 6.45) is -1.18. The van der Waals surface area contributed by atoms with E-state index in [1.807, 2.05) is 9.80 Å². The minimum atomic E-state index is -4.52. The minimum absolute atomic E-state index is 0.224. The Balaban J connectivity index is 1.61. The number of carbonyl (C=O) groups is 1. The molecule has 144 valence electrons. The summed E-state index contributed by atoms with van der Waals surface area (Å²) in [5.74, 6) is 0.171. The quantitative estimate of drug-likeness (QED) is 0.885. The van der Waals surface area contributed by atoms with E-state index >= 15 is 0 Å². The molecule has 1 aliphatic rings. The van der Waals surface area contributed by atoms with Crippen LogP contribution in [0.5, 0.6) is 0 Å². The van der Waals surface area contributed by atoms with E-state index in [-0.39, 0.29) is 5.69 Å². The third-order valence-electron chi connectivity index (χ3n) is 4.57. The first-order valence-electron chi connectivity index (χ1n) is 8.59. The van der Waals surface area contributed by atoms with Crippen LogP contribution in [0.4, 0.5) is 24.8 Å². The van der Waals surface area contributed by atoms with Crippen LogP contribution in [0.15, 0.2) is 42.7 Å². The molecule has 0 spiro atoms. The van der Waals surface area contributed by atoms with Crippen molar-refractivity contribution >= 4 is 17.5 Å². The van der Waals surface area contributed by atoms with Gasteiger partial charge >= 0.3 is 6.18 Å². The summed E-state index contributed by atoms with van der Waals surface area (Å²) in [5, 5.41) is 2.42.